The summed E-state index contributed by atoms with van der Waals surface area (Å²) in [5, 5.41) is 10.2. The van der Waals surface area contributed by atoms with Crippen LogP contribution in [0.5, 0.6) is 0 Å². The van der Waals surface area contributed by atoms with Crippen LogP contribution in [0.15, 0.2) is 0 Å². The van der Waals surface area contributed by atoms with Gasteiger partial charge in [-0.2, -0.15) is 0 Å². The summed E-state index contributed by atoms with van der Waals surface area (Å²) in [5.41, 5.74) is 0. The third kappa shape index (κ3) is 3.33. The monoisotopic (exact) mass is 265 g/mol. The Labute approximate surface area is 118 Å². The van der Waals surface area contributed by atoms with Crippen molar-refractivity contribution in [3.8, 4) is 0 Å². The van der Waals surface area contributed by atoms with Crippen molar-refractivity contribution in [1.82, 2.24) is 4.90 Å². The fourth-order valence-corrected chi connectivity index (χ4v) is 4.85. The maximum Gasteiger partial charge on any atom is 0.0695 e. The minimum atomic E-state index is -0.0417. The van der Waals surface area contributed by atoms with E-state index in [0.717, 1.165) is 18.3 Å². The second-order valence-electron chi connectivity index (χ2n) is 7.19. The van der Waals surface area contributed by atoms with E-state index < -0.39 is 0 Å². The largest absolute Gasteiger partial charge is 0.391 e. The van der Waals surface area contributed by atoms with E-state index in [-0.39, 0.29) is 6.10 Å². The highest BCUT2D eigenvalue weighted by Crippen LogP contribution is 2.37. The minimum absolute atomic E-state index is 0.0417. The number of likely N-dealkylation sites (tertiary alicyclic amines) is 1. The van der Waals surface area contributed by atoms with E-state index >= 15 is 0 Å². The highest BCUT2D eigenvalue weighted by atomic mass is 16.3. The molecule has 0 radical (unpaired) electrons. The average Bonchev–Trinajstić information content (AvgIpc) is 2.49. The fourth-order valence-electron chi connectivity index (χ4n) is 4.85. The molecule has 0 amide bonds. The van der Waals surface area contributed by atoms with E-state index in [1.165, 1.54) is 77.3 Å². The molecule has 2 aliphatic carbocycles. The van der Waals surface area contributed by atoms with Crippen LogP contribution in [0, 0.1) is 11.8 Å². The molecule has 1 aliphatic heterocycles. The highest BCUT2D eigenvalue weighted by Gasteiger charge is 2.33. The second-order valence-corrected chi connectivity index (χ2v) is 7.19. The normalized spacial score (nSPS) is 36.5. The van der Waals surface area contributed by atoms with Crippen molar-refractivity contribution in [2.24, 2.45) is 11.8 Å². The van der Waals surface area contributed by atoms with Crippen LogP contribution in [0.3, 0.4) is 0 Å². The lowest BCUT2D eigenvalue weighted by molar-refractivity contribution is -0.00283. The summed E-state index contributed by atoms with van der Waals surface area (Å²) in [5.74, 6) is 2.03. The van der Waals surface area contributed by atoms with Gasteiger partial charge in [0.05, 0.1) is 6.10 Å². The summed E-state index contributed by atoms with van der Waals surface area (Å²) in [7, 11) is 0. The molecule has 3 fully saturated rings. The van der Waals surface area contributed by atoms with Crippen LogP contribution in [-0.2, 0) is 0 Å². The predicted molar refractivity (Wildman–Crippen MR) is 79.1 cm³/mol. The Kier molecular flexibility index (Phi) is 4.81. The van der Waals surface area contributed by atoms with E-state index in [1.54, 1.807) is 0 Å². The van der Waals surface area contributed by atoms with Gasteiger partial charge in [-0.05, 0) is 50.6 Å². The van der Waals surface area contributed by atoms with Gasteiger partial charge in [-0.25, -0.2) is 0 Å². The molecule has 3 rings (SSSR count). The molecule has 1 saturated heterocycles. The number of hydrogen-bond donors (Lipinski definition) is 1. The molecular formula is C17H31NO. The molecule has 1 heterocycles. The van der Waals surface area contributed by atoms with Gasteiger partial charge < -0.3 is 5.11 Å². The fraction of sp³-hybridized carbons (Fsp3) is 1.00. The van der Waals surface area contributed by atoms with Crippen LogP contribution < -0.4 is 0 Å². The Morgan fingerprint density at radius 2 is 1.21 bits per heavy atom. The first-order valence-corrected chi connectivity index (χ1v) is 8.77. The Morgan fingerprint density at radius 1 is 0.632 bits per heavy atom. The summed E-state index contributed by atoms with van der Waals surface area (Å²) in [6, 6.07) is 0.487. The van der Waals surface area contributed by atoms with Crippen LogP contribution in [0.25, 0.3) is 0 Å². The zero-order valence-corrected chi connectivity index (χ0v) is 12.4. The van der Waals surface area contributed by atoms with Crippen LogP contribution >= 0.6 is 0 Å². The molecule has 2 saturated carbocycles. The summed E-state index contributed by atoms with van der Waals surface area (Å²) in [4.78, 5) is 2.61. The summed E-state index contributed by atoms with van der Waals surface area (Å²) in [6.45, 7) is 2.51. The Balaban J connectivity index is 1.48. The molecule has 1 N–H and O–H groups in total. The van der Waals surface area contributed by atoms with Crippen LogP contribution in [0.2, 0.25) is 0 Å². The zero-order chi connectivity index (χ0) is 13.1. The van der Waals surface area contributed by atoms with E-state index in [9.17, 15) is 5.11 Å². The van der Waals surface area contributed by atoms with Crippen molar-refractivity contribution in [3.63, 3.8) is 0 Å². The number of rotatable bonds is 2. The first kappa shape index (κ1) is 13.9. The molecule has 2 atom stereocenters. The Morgan fingerprint density at radius 3 is 1.89 bits per heavy atom. The maximum absolute atomic E-state index is 10.2. The van der Waals surface area contributed by atoms with Crippen LogP contribution in [0.4, 0.5) is 0 Å². The van der Waals surface area contributed by atoms with Gasteiger partial charge in [0.2, 0.25) is 0 Å². The molecule has 0 unspecified atom stereocenters. The molecule has 2 nitrogen and oxygen atoms in total. The molecule has 2 heteroatoms. The van der Waals surface area contributed by atoms with E-state index in [2.05, 4.69) is 4.90 Å². The highest BCUT2D eigenvalue weighted by molar-refractivity contribution is 4.87. The molecule has 3 aliphatic rings. The molecule has 110 valence electrons. The van der Waals surface area contributed by atoms with Gasteiger partial charge in [-0.15, -0.1) is 0 Å². The van der Waals surface area contributed by atoms with Crippen molar-refractivity contribution >= 4 is 0 Å². The van der Waals surface area contributed by atoms with Crippen LogP contribution in [0.1, 0.15) is 70.6 Å². The van der Waals surface area contributed by atoms with E-state index in [4.69, 9.17) is 0 Å². The van der Waals surface area contributed by atoms with Gasteiger partial charge >= 0.3 is 0 Å². The smallest absolute Gasteiger partial charge is 0.0695 e. The van der Waals surface area contributed by atoms with Crippen molar-refractivity contribution in [1.29, 1.82) is 0 Å². The van der Waals surface area contributed by atoms with Gasteiger partial charge in [-0.3, -0.25) is 4.90 Å². The third-order valence-corrected chi connectivity index (χ3v) is 6.05. The molecule has 0 bridgehead atoms. The molecule has 0 aromatic heterocycles. The van der Waals surface area contributed by atoms with Crippen molar-refractivity contribution in [2.45, 2.75) is 82.8 Å². The molecule has 19 heavy (non-hydrogen) atoms. The average molecular weight is 265 g/mol. The maximum atomic E-state index is 10.2. The minimum Gasteiger partial charge on any atom is -0.391 e. The van der Waals surface area contributed by atoms with Gasteiger partial charge in [0.25, 0.3) is 0 Å². The first-order valence-electron chi connectivity index (χ1n) is 8.77. The Bertz CT molecular complexity index is 266. The lowest BCUT2D eigenvalue weighted by atomic mass is 9.75. The number of piperidine rings is 1. The molecular weight excluding hydrogens is 234 g/mol. The lowest BCUT2D eigenvalue weighted by Crippen LogP contribution is -2.49. The van der Waals surface area contributed by atoms with E-state index in [1.807, 2.05) is 0 Å². The van der Waals surface area contributed by atoms with Crippen molar-refractivity contribution in [3.05, 3.63) is 0 Å². The third-order valence-electron chi connectivity index (χ3n) is 6.05. The zero-order valence-electron chi connectivity index (χ0n) is 12.4. The number of hydrogen-bond acceptors (Lipinski definition) is 2. The first-order chi connectivity index (χ1) is 9.34. The SMILES string of the molecule is O[C@@H]1CCCC[C@H]1N1CCC(C2CCCCC2)CC1. The quantitative estimate of drug-likeness (QED) is 0.825. The summed E-state index contributed by atoms with van der Waals surface area (Å²) in [6.07, 6.45) is 15.0. The molecule has 0 aromatic carbocycles. The summed E-state index contributed by atoms with van der Waals surface area (Å²) < 4.78 is 0. The lowest BCUT2D eigenvalue weighted by Gasteiger charge is -2.43. The second kappa shape index (κ2) is 6.58. The standard InChI is InChI=1S/C17H31NO/c19-17-9-5-4-8-16(17)18-12-10-15(11-13-18)14-6-2-1-3-7-14/h14-17,19H,1-13H2/t16-,17-/m1/s1. The van der Waals surface area contributed by atoms with Crippen molar-refractivity contribution in [2.75, 3.05) is 13.1 Å². The number of aliphatic hydroxyl groups is 1. The predicted octanol–water partition coefficient (Wildman–Crippen LogP) is 3.58. The van der Waals surface area contributed by atoms with Crippen molar-refractivity contribution < 1.29 is 5.11 Å². The summed E-state index contributed by atoms with van der Waals surface area (Å²) >= 11 is 0. The molecule has 0 spiro atoms. The van der Waals surface area contributed by atoms with E-state index in [0.29, 0.717) is 6.04 Å². The Hall–Kier alpha value is -0.0800. The van der Waals surface area contributed by atoms with Crippen LogP contribution in [-0.4, -0.2) is 35.2 Å². The molecule has 0 aromatic rings. The van der Waals surface area contributed by atoms with Gasteiger partial charge in [0, 0.05) is 6.04 Å². The van der Waals surface area contributed by atoms with Gasteiger partial charge in [0.1, 0.15) is 0 Å². The topological polar surface area (TPSA) is 23.5 Å². The number of aliphatic hydroxyl groups excluding tert-OH is 1. The number of nitrogens with zero attached hydrogens (tertiary/aromatic N) is 1. The van der Waals surface area contributed by atoms with Gasteiger partial charge in [-0.1, -0.05) is 44.9 Å². The van der Waals surface area contributed by atoms with Gasteiger partial charge in [0.15, 0.2) is 0 Å².